The average molecular weight is 356 g/mol. The zero-order chi connectivity index (χ0) is 13.7. The van der Waals surface area contributed by atoms with Crippen LogP contribution in [0, 0.1) is 0 Å². The lowest BCUT2D eigenvalue weighted by Gasteiger charge is -2.19. The van der Waals surface area contributed by atoms with Crippen LogP contribution in [0.4, 0.5) is 0 Å². The van der Waals surface area contributed by atoms with Crippen molar-refractivity contribution in [2.75, 3.05) is 0 Å². The molecule has 0 bridgehead atoms. The minimum absolute atomic E-state index is 0.110. The van der Waals surface area contributed by atoms with Gasteiger partial charge >= 0.3 is 0 Å². The molecule has 3 rings (SSSR count). The molecule has 1 aliphatic rings. The fraction of sp³-hybridized carbons (Fsp3) is 0. The maximum atomic E-state index is 12.4. The molecule has 0 N–H and O–H groups in total. The van der Waals surface area contributed by atoms with Gasteiger partial charge in [-0.15, -0.1) is 0 Å². The molecule has 2 aromatic carbocycles. The first kappa shape index (κ1) is 12.9. The summed E-state index contributed by atoms with van der Waals surface area (Å²) in [5, 5.41) is 0.347. The maximum absolute atomic E-state index is 12.4. The van der Waals surface area contributed by atoms with Crippen molar-refractivity contribution in [3.63, 3.8) is 0 Å². The van der Waals surface area contributed by atoms with E-state index in [-0.39, 0.29) is 32.7 Å². The van der Waals surface area contributed by atoms with Gasteiger partial charge in [0.25, 0.3) is 0 Å². The van der Waals surface area contributed by atoms with Crippen LogP contribution < -0.4 is 0 Å². The van der Waals surface area contributed by atoms with Crippen LogP contribution in [0.2, 0.25) is 10.0 Å². The first-order valence-electron chi connectivity index (χ1n) is 5.38. The minimum Gasteiger partial charge on any atom is -0.289 e. The van der Waals surface area contributed by atoms with Gasteiger partial charge in [0.05, 0.1) is 15.6 Å². The van der Waals surface area contributed by atoms with Crippen LogP contribution in [0.1, 0.15) is 31.8 Å². The van der Waals surface area contributed by atoms with Crippen LogP contribution in [-0.2, 0) is 0 Å². The topological polar surface area (TPSA) is 34.1 Å². The van der Waals surface area contributed by atoms with Crippen molar-refractivity contribution in [1.29, 1.82) is 0 Å². The highest BCUT2D eigenvalue weighted by Gasteiger charge is 2.32. The third kappa shape index (κ3) is 1.76. The predicted octanol–water partition coefficient (Wildman–Crippen LogP) is 4.53. The Hall–Kier alpha value is -1.16. The van der Waals surface area contributed by atoms with Gasteiger partial charge in [-0.05, 0) is 22.0 Å². The molecule has 0 unspecified atom stereocenters. The van der Waals surface area contributed by atoms with E-state index in [9.17, 15) is 9.59 Å². The second-order valence-corrected chi connectivity index (χ2v) is 5.72. The van der Waals surface area contributed by atoms with Crippen molar-refractivity contribution in [3.8, 4) is 0 Å². The van der Waals surface area contributed by atoms with E-state index in [1.807, 2.05) is 0 Å². The molecular formula is C14H5BrCl2O2. The number of carbonyl (C=O) groups is 2. The molecule has 0 fully saturated rings. The lowest BCUT2D eigenvalue weighted by Crippen LogP contribution is -2.21. The van der Waals surface area contributed by atoms with Gasteiger partial charge in [-0.3, -0.25) is 9.59 Å². The fourth-order valence-corrected chi connectivity index (χ4v) is 3.13. The summed E-state index contributed by atoms with van der Waals surface area (Å²) in [4.78, 5) is 24.8. The van der Waals surface area contributed by atoms with Crippen molar-refractivity contribution in [1.82, 2.24) is 0 Å². The van der Waals surface area contributed by atoms with Crippen LogP contribution in [0.5, 0.6) is 0 Å². The lowest BCUT2D eigenvalue weighted by atomic mass is 9.84. The van der Waals surface area contributed by atoms with Gasteiger partial charge in [0.2, 0.25) is 0 Å². The van der Waals surface area contributed by atoms with Crippen LogP contribution >= 0.6 is 39.1 Å². The standard InChI is InChI=1S/C14H5BrCl2O2/c15-9-5-8-10(12(17)11(9)16)14(19)7-4-2-1-3-6(7)13(8)18/h1-5H. The molecular weight excluding hydrogens is 351 g/mol. The maximum Gasteiger partial charge on any atom is 0.196 e. The molecule has 2 nitrogen and oxygen atoms in total. The normalized spacial score (nSPS) is 13.2. The van der Waals surface area contributed by atoms with Gasteiger partial charge < -0.3 is 0 Å². The van der Waals surface area contributed by atoms with Crippen LogP contribution in [0.25, 0.3) is 0 Å². The Balaban J connectivity index is 2.40. The average Bonchev–Trinajstić information content (AvgIpc) is 2.42. The number of hydrogen-bond acceptors (Lipinski definition) is 2. The summed E-state index contributed by atoms with van der Waals surface area (Å²) in [6.07, 6.45) is 0. The Morgan fingerprint density at radius 1 is 0.842 bits per heavy atom. The van der Waals surface area contributed by atoms with E-state index in [4.69, 9.17) is 23.2 Å². The minimum atomic E-state index is -0.274. The smallest absolute Gasteiger partial charge is 0.196 e. The molecule has 0 atom stereocenters. The van der Waals surface area contributed by atoms with Crippen molar-refractivity contribution in [3.05, 3.63) is 67.1 Å². The second kappa shape index (κ2) is 4.44. The van der Waals surface area contributed by atoms with E-state index >= 15 is 0 Å². The van der Waals surface area contributed by atoms with Crippen molar-refractivity contribution in [2.45, 2.75) is 0 Å². The van der Waals surface area contributed by atoms with E-state index in [0.29, 0.717) is 15.6 Å². The molecule has 0 spiro atoms. The number of fused-ring (bicyclic) bond motifs is 2. The largest absolute Gasteiger partial charge is 0.289 e. The number of benzene rings is 2. The Kier molecular flexibility index (Phi) is 3.01. The highest BCUT2D eigenvalue weighted by atomic mass is 79.9. The Morgan fingerprint density at radius 2 is 1.42 bits per heavy atom. The quantitative estimate of drug-likeness (QED) is 0.555. The van der Waals surface area contributed by atoms with Crippen LogP contribution in [-0.4, -0.2) is 11.6 Å². The zero-order valence-corrected chi connectivity index (χ0v) is 12.4. The zero-order valence-electron chi connectivity index (χ0n) is 9.34. The highest BCUT2D eigenvalue weighted by Crippen LogP contribution is 2.39. The number of hydrogen-bond donors (Lipinski definition) is 0. The molecule has 0 aliphatic heterocycles. The van der Waals surface area contributed by atoms with Crippen molar-refractivity contribution in [2.24, 2.45) is 0 Å². The number of carbonyl (C=O) groups excluding carboxylic acids is 2. The summed E-state index contributed by atoms with van der Waals surface area (Å²) in [5.41, 5.74) is 1.22. The van der Waals surface area contributed by atoms with Gasteiger partial charge in [-0.1, -0.05) is 47.5 Å². The molecule has 1 aliphatic carbocycles. The Bertz CT molecular complexity index is 753. The number of ketones is 2. The molecule has 0 saturated carbocycles. The molecule has 0 heterocycles. The third-order valence-corrected chi connectivity index (χ3v) is 4.77. The summed E-state index contributed by atoms with van der Waals surface area (Å²) < 4.78 is 0.499. The molecule has 19 heavy (non-hydrogen) atoms. The predicted molar refractivity (Wildman–Crippen MR) is 77.5 cm³/mol. The summed E-state index contributed by atoms with van der Waals surface area (Å²) in [7, 11) is 0. The summed E-state index contributed by atoms with van der Waals surface area (Å²) in [6, 6.07) is 8.23. The molecule has 0 aromatic heterocycles. The number of halogens is 3. The molecule has 5 heteroatoms. The third-order valence-electron chi connectivity index (χ3n) is 3.05. The Morgan fingerprint density at radius 3 is 2.05 bits per heavy atom. The summed E-state index contributed by atoms with van der Waals surface area (Å²) in [5.74, 6) is -0.492. The lowest BCUT2D eigenvalue weighted by molar-refractivity contribution is 0.0979. The molecule has 2 aromatic rings. The summed E-state index contributed by atoms with van der Waals surface area (Å²) in [6.45, 7) is 0. The number of rotatable bonds is 0. The van der Waals surface area contributed by atoms with Crippen molar-refractivity contribution < 1.29 is 9.59 Å². The monoisotopic (exact) mass is 354 g/mol. The van der Waals surface area contributed by atoms with Gasteiger partial charge in [0.1, 0.15) is 0 Å². The van der Waals surface area contributed by atoms with Crippen LogP contribution in [0.15, 0.2) is 34.8 Å². The first-order valence-corrected chi connectivity index (χ1v) is 6.93. The van der Waals surface area contributed by atoms with E-state index in [0.717, 1.165) is 0 Å². The first-order chi connectivity index (χ1) is 9.02. The molecule has 0 saturated heterocycles. The molecule has 0 radical (unpaired) electrons. The van der Waals surface area contributed by atoms with E-state index in [2.05, 4.69) is 15.9 Å². The fourth-order valence-electron chi connectivity index (χ4n) is 2.16. The van der Waals surface area contributed by atoms with Gasteiger partial charge in [-0.2, -0.15) is 0 Å². The molecule has 0 amide bonds. The van der Waals surface area contributed by atoms with E-state index in [1.54, 1.807) is 30.3 Å². The Labute approximate surface area is 127 Å². The second-order valence-electron chi connectivity index (χ2n) is 4.11. The van der Waals surface area contributed by atoms with Crippen LogP contribution in [0.3, 0.4) is 0 Å². The van der Waals surface area contributed by atoms with Crippen molar-refractivity contribution >= 4 is 50.7 Å². The highest BCUT2D eigenvalue weighted by molar-refractivity contribution is 9.10. The SMILES string of the molecule is O=C1c2ccccc2C(=O)c2c1cc(Br)c(Cl)c2Cl. The van der Waals surface area contributed by atoms with E-state index < -0.39 is 0 Å². The van der Waals surface area contributed by atoms with E-state index in [1.165, 1.54) is 0 Å². The summed E-state index contributed by atoms with van der Waals surface area (Å²) >= 11 is 15.4. The van der Waals surface area contributed by atoms with Gasteiger partial charge in [-0.25, -0.2) is 0 Å². The van der Waals surface area contributed by atoms with Gasteiger partial charge in [0, 0.05) is 21.2 Å². The van der Waals surface area contributed by atoms with Gasteiger partial charge in [0.15, 0.2) is 11.6 Å². The molecule has 94 valence electrons.